The molecule has 1 nitrogen and oxygen atoms in total. The molecule has 0 unspecified atom stereocenters. The van der Waals surface area contributed by atoms with E-state index >= 15 is 0 Å². The summed E-state index contributed by atoms with van der Waals surface area (Å²) in [6, 6.07) is 10.3. The van der Waals surface area contributed by atoms with Crippen LogP contribution in [0, 0.1) is 0 Å². The molecule has 0 bridgehead atoms. The molecule has 0 heterocycles. The van der Waals surface area contributed by atoms with Crippen LogP contribution in [0.5, 0.6) is 0 Å². The third kappa shape index (κ3) is 18.5. The van der Waals surface area contributed by atoms with Crippen LogP contribution in [0.2, 0.25) is 0 Å². The van der Waals surface area contributed by atoms with Crippen LogP contribution in [0.25, 0.3) is 6.08 Å². The summed E-state index contributed by atoms with van der Waals surface area (Å²) in [5, 5.41) is 0. The predicted octanol–water partition coefficient (Wildman–Crippen LogP) is 9.72. The fourth-order valence-electron chi connectivity index (χ4n) is 3.85. The van der Waals surface area contributed by atoms with Crippen molar-refractivity contribution in [3.05, 3.63) is 42.2 Å². The lowest BCUT2D eigenvalue weighted by atomic mass is 10.0. The topological polar surface area (TPSA) is 9.23 Å². The number of hydrogen-bond donors (Lipinski definition) is 0. The normalized spacial score (nSPS) is 11.3. The van der Waals surface area contributed by atoms with Gasteiger partial charge >= 0.3 is 0 Å². The van der Waals surface area contributed by atoms with Crippen molar-refractivity contribution in [3.63, 3.8) is 0 Å². The molecule has 0 radical (unpaired) electrons. The Kier molecular flexibility index (Phi) is 19.1. The van der Waals surface area contributed by atoms with Crippen molar-refractivity contribution in [2.24, 2.45) is 0 Å². The minimum Gasteiger partial charge on any atom is -0.501 e. The van der Waals surface area contributed by atoms with E-state index < -0.39 is 0 Å². The zero-order valence-electron chi connectivity index (χ0n) is 19.4. The van der Waals surface area contributed by atoms with Gasteiger partial charge in [0.05, 0.1) is 12.9 Å². The Morgan fingerprint density at radius 2 is 0.966 bits per heavy atom. The first-order chi connectivity index (χ1) is 14.4. The Morgan fingerprint density at radius 1 is 0.552 bits per heavy atom. The van der Waals surface area contributed by atoms with Crippen LogP contribution in [-0.4, -0.2) is 6.61 Å². The van der Waals surface area contributed by atoms with E-state index in [9.17, 15) is 0 Å². The molecule has 1 aromatic carbocycles. The summed E-state index contributed by atoms with van der Waals surface area (Å²) in [6.45, 7) is 3.14. The molecule has 1 aromatic rings. The molecule has 0 aromatic heterocycles. The molecule has 0 saturated carbocycles. The lowest BCUT2D eigenvalue weighted by molar-refractivity contribution is 0.243. The number of benzene rings is 1. The van der Waals surface area contributed by atoms with Gasteiger partial charge in [0.15, 0.2) is 0 Å². The summed E-state index contributed by atoms with van der Waals surface area (Å²) in [4.78, 5) is 0. The second kappa shape index (κ2) is 21.5. The molecule has 0 saturated heterocycles. The first-order valence-electron chi connectivity index (χ1n) is 12.8. The Hall–Kier alpha value is -1.24. The van der Waals surface area contributed by atoms with Gasteiger partial charge in [-0.15, -0.1) is 0 Å². The summed E-state index contributed by atoms with van der Waals surface area (Å²) in [7, 11) is 0. The lowest BCUT2D eigenvalue weighted by Gasteiger charge is -2.04. The van der Waals surface area contributed by atoms with Gasteiger partial charge in [-0.25, -0.2) is 0 Å². The van der Waals surface area contributed by atoms with E-state index in [4.69, 9.17) is 4.74 Å². The van der Waals surface area contributed by atoms with Crippen molar-refractivity contribution in [2.75, 3.05) is 6.61 Å². The van der Waals surface area contributed by atoms with Gasteiger partial charge in [-0.05, 0) is 18.1 Å². The Labute approximate surface area is 182 Å². The fourth-order valence-corrected chi connectivity index (χ4v) is 3.85. The maximum Gasteiger partial charge on any atom is 0.0873 e. The van der Waals surface area contributed by atoms with Crippen LogP contribution in [-0.2, 0) is 4.74 Å². The van der Waals surface area contributed by atoms with Gasteiger partial charge in [0, 0.05) is 0 Å². The van der Waals surface area contributed by atoms with Crippen molar-refractivity contribution in [3.8, 4) is 0 Å². The van der Waals surface area contributed by atoms with E-state index in [1.54, 1.807) is 0 Å². The Bertz CT molecular complexity index is 451. The standard InChI is InChI=1S/C28H48O/c1-2-3-4-5-6-7-8-9-10-11-12-13-14-15-16-17-18-22-26-29-27-25-28-23-20-19-21-24-28/h19-21,23-25,27H,2-18,22,26H2,1H3. The molecule has 0 N–H and O–H groups in total. The molecule has 0 amide bonds. The number of unbranched alkanes of at least 4 members (excludes halogenated alkanes) is 17. The van der Waals surface area contributed by atoms with Crippen LogP contribution in [0.1, 0.15) is 128 Å². The number of ether oxygens (including phenoxy) is 1. The van der Waals surface area contributed by atoms with E-state index in [-0.39, 0.29) is 0 Å². The average Bonchev–Trinajstić information content (AvgIpc) is 2.75. The highest BCUT2D eigenvalue weighted by Crippen LogP contribution is 2.14. The highest BCUT2D eigenvalue weighted by Gasteiger charge is 1.95. The number of rotatable bonds is 21. The van der Waals surface area contributed by atoms with Crippen molar-refractivity contribution in [2.45, 2.75) is 122 Å². The summed E-state index contributed by atoms with van der Waals surface area (Å²) in [5.41, 5.74) is 1.20. The maximum absolute atomic E-state index is 5.59. The van der Waals surface area contributed by atoms with E-state index in [2.05, 4.69) is 31.2 Å². The Morgan fingerprint density at radius 3 is 1.41 bits per heavy atom. The smallest absolute Gasteiger partial charge is 0.0873 e. The third-order valence-electron chi connectivity index (χ3n) is 5.77. The molecule has 0 fully saturated rings. The monoisotopic (exact) mass is 400 g/mol. The van der Waals surface area contributed by atoms with Gasteiger partial charge < -0.3 is 4.74 Å². The molecule has 0 aliphatic carbocycles. The largest absolute Gasteiger partial charge is 0.501 e. The first-order valence-corrected chi connectivity index (χ1v) is 12.8. The molecule has 166 valence electrons. The maximum atomic E-state index is 5.59. The summed E-state index contributed by atoms with van der Waals surface area (Å²) >= 11 is 0. The van der Waals surface area contributed by atoms with Crippen molar-refractivity contribution in [1.82, 2.24) is 0 Å². The zero-order valence-corrected chi connectivity index (χ0v) is 19.4. The molecule has 0 aliphatic rings. The molecule has 1 heteroatoms. The zero-order chi connectivity index (χ0) is 20.7. The molecular weight excluding hydrogens is 352 g/mol. The molecular formula is C28H48O. The highest BCUT2D eigenvalue weighted by molar-refractivity contribution is 5.47. The van der Waals surface area contributed by atoms with E-state index in [1.165, 1.54) is 121 Å². The van der Waals surface area contributed by atoms with Crippen LogP contribution in [0.15, 0.2) is 36.6 Å². The van der Waals surface area contributed by atoms with Gasteiger partial charge in [0.1, 0.15) is 0 Å². The molecule has 29 heavy (non-hydrogen) atoms. The van der Waals surface area contributed by atoms with Gasteiger partial charge in [-0.1, -0.05) is 146 Å². The average molecular weight is 401 g/mol. The predicted molar refractivity (Wildman–Crippen MR) is 130 cm³/mol. The number of hydrogen-bond acceptors (Lipinski definition) is 1. The van der Waals surface area contributed by atoms with Gasteiger partial charge in [0.25, 0.3) is 0 Å². The Balaban J connectivity index is 1.69. The molecule has 0 atom stereocenters. The van der Waals surface area contributed by atoms with Crippen molar-refractivity contribution < 1.29 is 4.74 Å². The fraction of sp³-hybridized carbons (Fsp3) is 0.714. The SMILES string of the molecule is CCCCCCCCCCCCCCCCCCCCOC=Cc1ccccc1. The van der Waals surface area contributed by atoms with Gasteiger partial charge in [-0.2, -0.15) is 0 Å². The van der Waals surface area contributed by atoms with Crippen LogP contribution in [0.3, 0.4) is 0 Å². The van der Waals surface area contributed by atoms with E-state index in [0.717, 1.165) is 6.61 Å². The summed E-state index contributed by atoms with van der Waals surface area (Å²) in [6.07, 6.45) is 29.4. The highest BCUT2D eigenvalue weighted by atomic mass is 16.5. The van der Waals surface area contributed by atoms with Crippen LogP contribution < -0.4 is 0 Å². The molecule has 1 rings (SSSR count). The first kappa shape index (κ1) is 25.8. The van der Waals surface area contributed by atoms with Gasteiger partial charge in [0.2, 0.25) is 0 Å². The van der Waals surface area contributed by atoms with Gasteiger partial charge in [-0.3, -0.25) is 0 Å². The van der Waals surface area contributed by atoms with E-state index in [0.29, 0.717) is 0 Å². The summed E-state index contributed by atoms with van der Waals surface area (Å²) < 4.78 is 5.59. The molecule has 0 aliphatic heterocycles. The second-order valence-corrected chi connectivity index (χ2v) is 8.59. The van der Waals surface area contributed by atoms with E-state index in [1.807, 2.05) is 18.4 Å². The van der Waals surface area contributed by atoms with Crippen LogP contribution >= 0.6 is 0 Å². The quantitative estimate of drug-likeness (QED) is 0.147. The summed E-state index contributed by atoms with van der Waals surface area (Å²) in [5.74, 6) is 0. The molecule has 0 spiro atoms. The van der Waals surface area contributed by atoms with Crippen molar-refractivity contribution >= 4 is 6.08 Å². The van der Waals surface area contributed by atoms with Crippen molar-refractivity contribution in [1.29, 1.82) is 0 Å². The minimum atomic E-state index is 0.849. The third-order valence-corrected chi connectivity index (χ3v) is 5.77. The van der Waals surface area contributed by atoms with Crippen LogP contribution in [0.4, 0.5) is 0 Å². The second-order valence-electron chi connectivity index (χ2n) is 8.59. The lowest BCUT2D eigenvalue weighted by Crippen LogP contribution is -1.88. The minimum absolute atomic E-state index is 0.849.